The minimum Gasteiger partial charge on any atom is -0.308 e. The van der Waals surface area contributed by atoms with E-state index in [1.54, 1.807) is 30.7 Å². The number of hydrogen-bond donors (Lipinski definition) is 1. The summed E-state index contributed by atoms with van der Waals surface area (Å²) < 4.78 is 1.82. The molecular weight excluding hydrogens is 240 g/mol. The number of nitrogens with zero attached hydrogens (tertiary/aromatic N) is 3. The summed E-state index contributed by atoms with van der Waals surface area (Å²) in [5.41, 5.74) is 2.07. The Morgan fingerprint density at radius 2 is 2.05 bits per heavy atom. The molecule has 3 aromatic rings. The van der Waals surface area contributed by atoms with Gasteiger partial charge in [-0.1, -0.05) is 6.07 Å². The molecule has 0 bridgehead atoms. The number of carbonyl (C=O) groups excluding carboxylic acids is 1. The fraction of sp³-hybridized carbons (Fsp3) is 0.0714. The van der Waals surface area contributed by atoms with Crippen LogP contribution in [-0.4, -0.2) is 20.3 Å². The van der Waals surface area contributed by atoms with E-state index in [2.05, 4.69) is 15.3 Å². The molecule has 0 fully saturated rings. The first-order chi connectivity index (χ1) is 9.25. The summed E-state index contributed by atoms with van der Waals surface area (Å²) in [6.07, 6.45) is 5.17. The van der Waals surface area contributed by atoms with Crippen molar-refractivity contribution in [1.82, 2.24) is 14.4 Å². The number of aromatic nitrogens is 3. The van der Waals surface area contributed by atoms with Crippen LogP contribution in [0.3, 0.4) is 0 Å². The van der Waals surface area contributed by atoms with Crippen LogP contribution in [-0.2, 0) is 0 Å². The lowest BCUT2D eigenvalue weighted by Crippen LogP contribution is -2.15. The fourth-order valence-electron chi connectivity index (χ4n) is 1.96. The molecule has 5 heteroatoms. The van der Waals surface area contributed by atoms with Gasteiger partial charge in [-0.15, -0.1) is 0 Å². The average molecular weight is 252 g/mol. The SMILES string of the molecule is Cc1ncccc1C(=O)Nc1cccc2nccn12. The van der Waals surface area contributed by atoms with Gasteiger partial charge in [0.1, 0.15) is 11.5 Å². The molecule has 0 spiro atoms. The summed E-state index contributed by atoms with van der Waals surface area (Å²) in [5.74, 6) is 0.509. The highest BCUT2D eigenvalue weighted by molar-refractivity contribution is 6.04. The van der Waals surface area contributed by atoms with E-state index in [-0.39, 0.29) is 5.91 Å². The van der Waals surface area contributed by atoms with Gasteiger partial charge in [-0.3, -0.25) is 14.2 Å². The summed E-state index contributed by atoms with van der Waals surface area (Å²) >= 11 is 0. The Labute approximate surface area is 109 Å². The number of imidazole rings is 1. The summed E-state index contributed by atoms with van der Waals surface area (Å²) in [5, 5.41) is 2.87. The van der Waals surface area contributed by atoms with Gasteiger partial charge in [0.2, 0.25) is 0 Å². The Kier molecular flexibility index (Phi) is 2.72. The molecule has 5 nitrogen and oxygen atoms in total. The molecule has 0 aliphatic heterocycles. The van der Waals surface area contributed by atoms with E-state index in [1.165, 1.54) is 0 Å². The maximum absolute atomic E-state index is 12.2. The lowest BCUT2D eigenvalue weighted by Gasteiger charge is -2.08. The summed E-state index contributed by atoms with van der Waals surface area (Å²) in [6, 6.07) is 9.07. The van der Waals surface area contributed by atoms with Gasteiger partial charge >= 0.3 is 0 Å². The Hall–Kier alpha value is -2.69. The highest BCUT2D eigenvalue weighted by Crippen LogP contribution is 2.13. The molecule has 0 saturated heterocycles. The van der Waals surface area contributed by atoms with Crippen LogP contribution in [0, 0.1) is 6.92 Å². The third-order valence-electron chi connectivity index (χ3n) is 2.92. The number of nitrogens with one attached hydrogen (secondary N) is 1. The zero-order chi connectivity index (χ0) is 13.2. The van der Waals surface area contributed by atoms with Gasteiger partial charge in [-0.2, -0.15) is 0 Å². The maximum Gasteiger partial charge on any atom is 0.258 e. The van der Waals surface area contributed by atoms with Gasteiger partial charge in [-0.05, 0) is 31.2 Å². The third-order valence-corrected chi connectivity index (χ3v) is 2.92. The predicted octanol–water partition coefficient (Wildman–Crippen LogP) is 2.29. The van der Waals surface area contributed by atoms with Gasteiger partial charge in [-0.25, -0.2) is 4.98 Å². The molecule has 0 aromatic carbocycles. The monoisotopic (exact) mass is 252 g/mol. The van der Waals surface area contributed by atoms with Crippen LogP contribution >= 0.6 is 0 Å². The Morgan fingerprint density at radius 3 is 2.89 bits per heavy atom. The molecule has 0 aliphatic rings. The van der Waals surface area contributed by atoms with Gasteiger partial charge in [0.05, 0.1) is 5.56 Å². The van der Waals surface area contributed by atoms with Crippen LogP contribution < -0.4 is 5.32 Å². The minimum absolute atomic E-state index is 0.174. The second-order valence-electron chi connectivity index (χ2n) is 4.16. The van der Waals surface area contributed by atoms with E-state index in [0.717, 1.165) is 5.65 Å². The van der Waals surface area contributed by atoms with Crippen molar-refractivity contribution in [3.8, 4) is 0 Å². The van der Waals surface area contributed by atoms with Crippen LogP contribution in [0.5, 0.6) is 0 Å². The largest absolute Gasteiger partial charge is 0.308 e. The molecule has 3 heterocycles. The number of fused-ring (bicyclic) bond motifs is 1. The van der Waals surface area contributed by atoms with Crippen molar-refractivity contribution in [3.05, 3.63) is 60.2 Å². The van der Waals surface area contributed by atoms with Crippen molar-refractivity contribution in [3.63, 3.8) is 0 Å². The van der Waals surface area contributed by atoms with Crippen LogP contribution in [0.2, 0.25) is 0 Å². The van der Waals surface area contributed by atoms with Gasteiger partial charge < -0.3 is 5.32 Å². The van der Waals surface area contributed by atoms with Crippen molar-refractivity contribution in [2.24, 2.45) is 0 Å². The fourth-order valence-corrected chi connectivity index (χ4v) is 1.96. The quantitative estimate of drug-likeness (QED) is 0.761. The predicted molar refractivity (Wildman–Crippen MR) is 72.1 cm³/mol. The molecular formula is C14H12N4O. The summed E-state index contributed by atoms with van der Waals surface area (Å²) in [7, 11) is 0. The van der Waals surface area contributed by atoms with E-state index in [0.29, 0.717) is 17.1 Å². The highest BCUT2D eigenvalue weighted by Gasteiger charge is 2.10. The Bertz CT molecular complexity index is 748. The first kappa shape index (κ1) is 11.4. The second kappa shape index (κ2) is 4.53. The number of pyridine rings is 2. The van der Waals surface area contributed by atoms with Gasteiger partial charge in [0, 0.05) is 24.3 Å². The van der Waals surface area contributed by atoms with Crippen LogP contribution in [0.15, 0.2) is 48.9 Å². The molecule has 3 rings (SSSR count). The van der Waals surface area contributed by atoms with Crippen LogP contribution in [0.1, 0.15) is 16.1 Å². The highest BCUT2D eigenvalue weighted by atomic mass is 16.1. The normalized spacial score (nSPS) is 10.6. The number of hydrogen-bond acceptors (Lipinski definition) is 3. The standard InChI is InChI=1S/C14H12N4O/c1-10-11(4-3-7-15-10)14(19)17-13-6-2-5-12-16-8-9-18(12)13/h2-9H,1H3,(H,17,19). The number of anilines is 1. The molecule has 0 atom stereocenters. The molecule has 3 aromatic heterocycles. The number of rotatable bonds is 2. The topological polar surface area (TPSA) is 59.3 Å². The third kappa shape index (κ3) is 2.06. The molecule has 0 unspecified atom stereocenters. The zero-order valence-electron chi connectivity index (χ0n) is 10.4. The minimum atomic E-state index is -0.174. The lowest BCUT2D eigenvalue weighted by atomic mass is 10.2. The zero-order valence-corrected chi connectivity index (χ0v) is 10.4. The number of aryl methyl sites for hydroxylation is 1. The summed E-state index contributed by atoms with van der Waals surface area (Å²) in [6.45, 7) is 1.81. The van der Waals surface area contributed by atoms with Gasteiger partial charge in [0.15, 0.2) is 0 Å². The van der Waals surface area contributed by atoms with E-state index in [4.69, 9.17) is 0 Å². The van der Waals surface area contributed by atoms with Crippen LogP contribution in [0.4, 0.5) is 5.82 Å². The van der Waals surface area contributed by atoms with E-state index in [1.807, 2.05) is 29.5 Å². The van der Waals surface area contributed by atoms with Crippen LogP contribution in [0.25, 0.3) is 5.65 Å². The molecule has 0 radical (unpaired) electrons. The smallest absolute Gasteiger partial charge is 0.258 e. The molecule has 1 amide bonds. The van der Waals surface area contributed by atoms with E-state index < -0.39 is 0 Å². The van der Waals surface area contributed by atoms with Gasteiger partial charge in [0.25, 0.3) is 5.91 Å². The van der Waals surface area contributed by atoms with E-state index in [9.17, 15) is 4.79 Å². The second-order valence-corrected chi connectivity index (χ2v) is 4.16. The molecule has 0 saturated carbocycles. The molecule has 19 heavy (non-hydrogen) atoms. The van der Waals surface area contributed by atoms with Crippen molar-refractivity contribution in [2.45, 2.75) is 6.92 Å². The maximum atomic E-state index is 12.2. The number of amides is 1. The Morgan fingerprint density at radius 1 is 1.16 bits per heavy atom. The van der Waals surface area contributed by atoms with Crippen molar-refractivity contribution in [1.29, 1.82) is 0 Å². The average Bonchev–Trinajstić information content (AvgIpc) is 2.88. The Balaban J connectivity index is 1.95. The molecule has 94 valence electrons. The molecule has 1 N–H and O–H groups in total. The van der Waals surface area contributed by atoms with Crippen molar-refractivity contribution < 1.29 is 4.79 Å². The summed E-state index contributed by atoms with van der Waals surface area (Å²) in [4.78, 5) is 20.5. The molecule has 0 aliphatic carbocycles. The number of carbonyl (C=O) groups is 1. The van der Waals surface area contributed by atoms with E-state index >= 15 is 0 Å². The lowest BCUT2D eigenvalue weighted by molar-refractivity contribution is 0.102. The first-order valence-electron chi connectivity index (χ1n) is 5.91. The van der Waals surface area contributed by atoms with Crippen molar-refractivity contribution in [2.75, 3.05) is 5.32 Å². The van der Waals surface area contributed by atoms with Crippen molar-refractivity contribution >= 4 is 17.4 Å². The first-order valence-corrected chi connectivity index (χ1v) is 5.91.